The van der Waals surface area contributed by atoms with Gasteiger partial charge in [-0.1, -0.05) is 39.0 Å². The van der Waals surface area contributed by atoms with E-state index in [0.29, 0.717) is 11.5 Å². The highest BCUT2D eigenvalue weighted by Gasteiger charge is 2.01. The van der Waals surface area contributed by atoms with E-state index in [1.165, 1.54) is 44.6 Å². The minimum Gasteiger partial charge on any atom is -0.502 e. The fourth-order valence-electron chi connectivity index (χ4n) is 1.68. The van der Waals surface area contributed by atoms with Gasteiger partial charge < -0.3 is 9.52 Å². The Bertz CT molecular complexity index is 387. The van der Waals surface area contributed by atoms with Gasteiger partial charge in [0.25, 0.3) is 0 Å². The maximum atomic E-state index is 11.2. The maximum Gasteiger partial charge on any atom is 0.226 e. The number of rotatable bonds is 9. The number of aromatic hydroxyl groups is 1. The minimum atomic E-state index is -0.364. The van der Waals surface area contributed by atoms with Gasteiger partial charge in [-0.15, -0.1) is 0 Å². The summed E-state index contributed by atoms with van der Waals surface area (Å²) in [5.41, 5.74) is -0.364. The molecular formula is C14H22O3S. The average Bonchev–Trinajstić information content (AvgIpc) is 2.37. The van der Waals surface area contributed by atoms with Crippen molar-refractivity contribution in [3.05, 3.63) is 28.3 Å². The summed E-state index contributed by atoms with van der Waals surface area (Å²) < 4.78 is 5.13. The second kappa shape index (κ2) is 9.09. The van der Waals surface area contributed by atoms with E-state index in [2.05, 4.69) is 6.92 Å². The summed E-state index contributed by atoms with van der Waals surface area (Å²) in [6.07, 6.45) is 8.91. The van der Waals surface area contributed by atoms with E-state index in [0.717, 1.165) is 12.0 Å². The van der Waals surface area contributed by atoms with Crippen molar-refractivity contribution in [2.24, 2.45) is 0 Å². The molecule has 0 fully saturated rings. The smallest absolute Gasteiger partial charge is 0.226 e. The monoisotopic (exact) mass is 270 g/mol. The second-order valence-corrected chi connectivity index (χ2v) is 5.52. The number of hydrogen-bond acceptors (Lipinski definition) is 4. The Morgan fingerprint density at radius 2 is 1.94 bits per heavy atom. The predicted molar refractivity (Wildman–Crippen MR) is 76.2 cm³/mol. The average molecular weight is 270 g/mol. The third kappa shape index (κ3) is 6.15. The van der Waals surface area contributed by atoms with Crippen LogP contribution >= 0.6 is 11.8 Å². The van der Waals surface area contributed by atoms with Gasteiger partial charge in [0.1, 0.15) is 12.0 Å². The summed E-state index contributed by atoms with van der Waals surface area (Å²) >= 11 is 1.77. The van der Waals surface area contributed by atoms with Gasteiger partial charge in [0.2, 0.25) is 5.43 Å². The largest absolute Gasteiger partial charge is 0.502 e. The molecule has 1 aromatic rings. The number of unbranched alkanes of at least 4 members (excludes halogenated alkanes) is 5. The van der Waals surface area contributed by atoms with Crippen molar-refractivity contribution in [1.29, 1.82) is 0 Å². The SMILES string of the molecule is CCCCCCCCSCc1cc(=O)c(O)co1. The molecule has 1 N–H and O–H groups in total. The lowest BCUT2D eigenvalue weighted by Gasteiger charge is -2.02. The van der Waals surface area contributed by atoms with Crippen LogP contribution in [0.2, 0.25) is 0 Å². The molecule has 0 aliphatic heterocycles. The normalized spacial score (nSPS) is 10.7. The van der Waals surface area contributed by atoms with Crippen molar-refractivity contribution in [1.82, 2.24) is 0 Å². The van der Waals surface area contributed by atoms with Crippen molar-refractivity contribution in [2.75, 3.05) is 5.75 Å². The van der Waals surface area contributed by atoms with E-state index in [9.17, 15) is 4.79 Å². The number of hydrogen-bond donors (Lipinski definition) is 1. The van der Waals surface area contributed by atoms with E-state index in [4.69, 9.17) is 9.52 Å². The third-order valence-electron chi connectivity index (χ3n) is 2.75. The Balaban J connectivity index is 2.07. The molecule has 0 aromatic carbocycles. The lowest BCUT2D eigenvalue weighted by atomic mass is 10.1. The Labute approximate surface area is 113 Å². The van der Waals surface area contributed by atoms with Gasteiger partial charge in [0.15, 0.2) is 5.75 Å². The second-order valence-electron chi connectivity index (χ2n) is 4.42. The van der Waals surface area contributed by atoms with Crippen LogP contribution in [0.3, 0.4) is 0 Å². The molecule has 0 spiro atoms. The van der Waals surface area contributed by atoms with Gasteiger partial charge in [-0.3, -0.25) is 4.79 Å². The molecule has 0 aliphatic rings. The van der Waals surface area contributed by atoms with Crippen molar-refractivity contribution in [3.8, 4) is 5.75 Å². The van der Waals surface area contributed by atoms with Crippen LogP contribution in [0.5, 0.6) is 5.75 Å². The van der Waals surface area contributed by atoms with Crippen molar-refractivity contribution < 1.29 is 9.52 Å². The maximum absolute atomic E-state index is 11.2. The first-order chi connectivity index (χ1) is 8.74. The Morgan fingerprint density at radius 3 is 2.67 bits per heavy atom. The first kappa shape index (κ1) is 15.2. The van der Waals surface area contributed by atoms with E-state index < -0.39 is 0 Å². The standard InChI is InChI=1S/C14H22O3S/c1-2-3-4-5-6-7-8-18-11-12-9-13(15)14(16)10-17-12/h9-10,16H,2-8,11H2,1H3. The summed E-state index contributed by atoms with van der Waals surface area (Å²) in [4.78, 5) is 11.2. The van der Waals surface area contributed by atoms with Crippen molar-refractivity contribution in [3.63, 3.8) is 0 Å². The van der Waals surface area contributed by atoms with E-state index in [-0.39, 0.29) is 11.2 Å². The minimum absolute atomic E-state index is 0.320. The molecule has 0 saturated heterocycles. The van der Waals surface area contributed by atoms with E-state index in [1.54, 1.807) is 11.8 Å². The zero-order valence-corrected chi connectivity index (χ0v) is 11.8. The van der Waals surface area contributed by atoms with Crippen molar-refractivity contribution in [2.45, 2.75) is 51.2 Å². The van der Waals surface area contributed by atoms with Crippen LogP contribution in [0.4, 0.5) is 0 Å². The molecule has 1 rings (SSSR count). The highest BCUT2D eigenvalue weighted by Crippen LogP contribution is 2.15. The zero-order chi connectivity index (χ0) is 13.2. The molecule has 0 amide bonds. The van der Waals surface area contributed by atoms with Gasteiger partial charge in [0.05, 0.1) is 5.75 Å². The van der Waals surface area contributed by atoms with Crippen LogP contribution in [-0.4, -0.2) is 10.9 Å². The Hall–Kier alpha value is -0.900. The predicted octanol–water partition coefficient (Wildman–Crippen LogP) is 3.94. The topological polar surface area (TPSA) is 50.4 Å². The van der Waals surface area contributed by atoms with Crippen LogP contribution in [0.25, 0.3) is 0 Å². The van der Waals surface area contributed by atoms with Crippen molar-refractivity contribution >= 4 is 11.8 Å². The molecule has 1 aromatic heterocycles. The molecule has 0 unspecified atom stereocenters. The highest BCUT2D eigenvalue weighted by molar-refractivity contribution is 7.98. The number of thioether (sulfide) groups is 1. The fraction of sp³-hybridized carbons (Fsp3) is 0.643. The van der Waals surface area contributed by atoms with Gasteiger partial charge >= 0.3 is 0 Å². The molecule has 0 bridgehead atoms. The summed E-state index contributed by atoms with van der Waals surface area (Å²) in [7, 11) is 0. The molecule has 3 nitrogen and oxygen atoms in total. The van der Waals surface area contributed by atoms with Crippen LogP contribution in [0, 0.1) is 0 Å². The summed E-state index contributed by atoms with van der Waals surface area (Å²) in [5, 5.41) is 9.04. The molecular weight excluding hydrogens is 248 g/mol. The van der Waals surface area contributed by atoms with E-state index >= 15 is 0 Å². The zero-order valence-electron chi connectivity index (χ0n) is 11.0. The molecule has 102 valence electrons. The molecule has 1 heterocycles. The first-order valence-electron chi connectivity index (χ1n) is 6.62. The van der Waals surface area contributed by atoms with Gasteiger partial charge in [-0.25, -0.2) is 0 Å². The fourth-order valence-corrected chi connectivity index (χ4v) is 2.58. The van der Waals surface area contributed by atoms with E-state index in [1.807, 2.05) is 0 Å². The van der Waals surface area contributed by atoms with Crippen LogP contribution in [0.1, 0.15) is 51.2 Å². The van der Waals surface area contributed by atoms with Gasteiger partial charge in [-0.05, 0) is 12.2 Å². The molecule has 0 radical (unpaired) electrons. The summed E-state index contributed by atoms with van der Waals surface area (Å²) in [5.74, 6) is 2.11. The third-order valence-corrected chi connectivity index (χ3v) is 3.82. The highest BCUT2D eigenvalue weighted by atomic mass is 32.2. The summed E-state index contributed by atoms with van der Waals surface area (Å²) in [6, 6.07) is 1.36. The summed E-state index contributed by atoms with van der Waals surface area (Å²) in [6.45, 7) is 2.22. The molecule has 0 saturated carbocycles. The lowest BCUT2D eigenvalue weighted by Crippen LogP contribution is -1.99. The molecule has 4 heteroatoms. The lowest BCUT2D eigenvalue weighted by molar-refractivity contribution is 0.419. The molecule has 18 heavy (non-hydrogen) atoms. The van der Waals surface area contributed by atoms with Crippen LogP contribution < -0.4 is 5.43 Å². The van der Waals surface area contributed by atoms with Gasteiger partial charge in [0, 0.05) is 6.07 Å². The quantitative estimate of drug-likeness (QED) is 0.690. The molecule has 0 aliphatic carbocycles. The molecule has 0 atom stereocenters. The Kier molecular flexibility index (Phi) is 7.65. The van der Waals surface area contributed by atoms with Gasteiger partial charge in [-0.2, -0.15) is 11.8 Å². The van der Waals surface area contributed by atoms with Crippen LogP contribution in [0.15, 0.2) is 21.5 Å². The Morgan fingerprint density at radius 1 is 1.22 bits per heavy atom. The first-order valence-corrected chi connectivity index (χ1v) is 7.78. The van der Waals surface area contributed by atoms with Crippen LogP contribution in [-0.2, 0) is 5.75 Å².